The smallest absolute Gasteiger partial charge is 0.259 e. The fraction of sp³-hybridized carbons (Fsp3) is 0. The molecule has 0 unspecified atom stereocenters. The Morgan fingerprint density at radius 2 is 2.27 bits per heavy atom. The molecule has 5 heteroatoms. The Balaban J connectivity index is 3.19. The van der Waals surface area contributed by atoms with Crippen LogP contribution in [0.4, 0.5) is 0 Å². The maximum Gasteiger partial charge on any atom is 0.259 e. The molecule has 0 bridgehead atoms. The third-order valence-corrected chi connectivity index (χ3v) is 2.47. The van der Waals surface area contributed by atoms with Crippen molar-refractivity contribution in [3.63, 3.8) is 0 Å². The summed E-state index contributed by atoms with van der Waals surface area (Å²) >= 11 is 9.15. The molecule has 0 aliphatic heterocycles. The second kappa shape index (κ2) is 4.96. The van der Waals surface area contributed by atoms with Gasteiger partial charge < -0.3 is 5.73 Å². The van der Waals surface area contributed by atoms with Gasteiger partial charge in [0.05, 0.1) is 0 Å². The van der Waals surface area contributed by atoms with Crippen molar-refractivity contribution < 1.29 is 4.79 Å². The summed E-state index contributed by atoms with van der Waals surface area (Å²) in [6, 6.07) is 6.82. The largest absolute Gasteiger partial charge is 0.365 e. The molecule has 1 aromatic carbocycles. The Morgan fingerprint density at radius 1 is 1.60 bits per heavy atom. The van der Waals surface area contributed by atoms with Gasteiger partial charge in [-0.05, 0) is 23.8 Å². The molecule has 0 atom stereocenters. The third kappa shape index (κ3) is 3.08. The van der Waals surface area contributed by atoms with Gasteiger partial charge in [0.1, 0.15) is 11.6 Å². The molecule has 0 aliphatic rings. The van der Waals surface area contributed by atoms with Crippen molar-refractivity contribution in [3.05, 3.63) is 38.8 Å². The Kier molecular flexibility index (Phi) is 3.89. The summed E-state index contributed by atoms with van der Waals surface area (Å²) in [5.41, 5.74) is 5.45. The minimum Gasteiger partial charge on any atom is -0.365 e. The minimum atomic E-state index is -0.767. The molecule has 1 amide bonds. The number of amides is 1. The quantitative estimate of drug-likeness (QED) is 0.670. The van der Waals surface area contributed by atoms with Crippen molar-refractivity contribution in [1.29, 1.82) is 5.26 Å². The first kappa shape index (κ1) is 11.8. The maximum absolute atomic E-state index is 10.8. The number of nitrogens with zero attached hydrogens (tertiary/aromatic N) is 1. The van der Waals surface area contributed by atoms with Gasteiger partial charge in [-0.3, -0.25) is 4.79 Å². The van der Waals surface area contributed by atoms with Crippen LogP contribution < -0.4 is 5.73 Å². The molecule has 0 aliphatic carbocycles. The highest BCUT2D eigenvalue weighted by molar-refractivity contribution is 9.10. The van der Waals surface area contributed by atoms with Crippen molar-refractivity contribution in [3.8, 4) is 6.07 Å². The van der Waals surface area contributed by atoms with Crippen LogP contribution >= 0.6 is 27.5 Å². The number of rotatable bonds is 2. The van der Waals surface area contributed by atoms with Crippen LogP contribution in [0.5, 0.6) is 0 Å². The monoisotopic (exact) mass is 284 g/mol. The van der Waals surface area contributed by atoms with Crippen LogP contribution in [0, 0.1) is 11.3 Å². The Bertz CT molecular complexity index is 477. The molecule has 0 fully saturated rings. The number of carbonyl (C=O) groups is 1. The van der Waals surface area contributed by atoms with Gasteiger partial charge in [-0.15, -0.1) is 0 Å². The number of primary amides is 1. The van der Waals surface area contributed by atoms with E-state index in [1.165, 1.54) is 6.08 Å². The lowest BCUT2D eigenvalue weighted by Gasteiger charge is -1.99. The molecule has 0 radical (unpaired) electrons. The first-order valence-electron chi connectivity index (χ1n) is 3.91. The number of hydrogen-bond acceptors (Lipinski definition) is 2. The number of benzene rings is 1. The van der Waals surface area contributed by atoms with Crippen LogP contribution in [0.1, 0.15) is 5.56 Å². The lowest BCUT2D eigenvalue weighted by Crippen LogP contribution is -2.12. The number of halogens is 2. The second-order valence-electron chi connectivity index (χ2n) is 2.70. The van der Waals surface area contributed by atoms with Gasteiger partial charge in [0.25, 0.3) is 5.91 Å². The summed E-state index contributed by atoms with van der Waals surface area (Å²) in [5, 5.41) is 9.07. The van der Waals surface area contributed by atoms with E-state index in [9.17, 15) is 4.79 Å². The molecule has 0 saturated carbocycles. The van der Waals surface area contributed by atoms with E-state index in [4.69, 9.17) is 22.6 Å². The predicted octanol–water partition coefficient (Wildman–Crippen LogP) is 2.49. The SMILES string of the molecule is N#CC(=Cc1ccc(Br)cc1Cl)C(N)=O. The number of hydrogen-bond donors (Lipinski definition) is 1. The van der Waals surface area contributed by atoms with E-state index in [1.807, 2.05) is 0 Å². The molecule has 0 saturated heterocycles. The van der Waals surface area contributed by atoms with E-state index in [1.54, 1.807) is 24.3 Å². The molecule has 2 N–H and O–H groups in total. The molecule has 76 valence electrons. The fourth-order valence-corrected chi connectivity index (χ4v) is 1.66. The van der Waals surface area contributed by atoms with Gasteiger partial charge in [0.15, 0.2) is 0 Å². The fourth-order valence-electron chi connectivity index (χ4n) is 0.933. The van der Waals surface area contributed by atoms with Gasteiger partial charge in [-0.25, -0.2) is 0 Å². The van der Waals surface area contributed by atoms with Crippen LogP contribution in [0.2, 0.25) is 5.02 Å². The highest BCUT2D eigenvalue weighted by atomic mass is 79.9. The van der Waals surface area contributed by atoms with Crippen molar-refractivity contribution >= 4 is 39.5 Å². The van der Waals surface area contributed by atoms with Gasteiger partial charge in [-0.2, -0.15) is 5.26 Å². The maximum atomic E-state index is 10.8. The average Bonchev–Trinajstić information content (AvgIpc) is 2.16. The summed E-state index contributed by atoms with van der Waals surface area (Å²) in [7, 11) is 0. The topological polar surface area (TPSA) is 66.9 Å². The number of nitrogens with two attached hydrogens (primary N) is 1. The summed E-state index contributed by atoms with van der Waals surface area (Å²) in [6.07, 6.45) is 1.36. The van der Waals surface area contributed by atoms with Crippen LogP contribution in [-0.2, 0) is 4.79 Å². The van der Waals surface area contributed by atoms with E-state index < -0.39 is 5.91 Å². The number of nitriles is 1. The standard InChI is InChI=1S/C10H6BrClN2O/c11-8-2-1-6(9(12)4-8)3-7(5-13)10(14)15/h1-4H,(H2,14,15). The lowest BCUT2D eigenvalue weighted by molar-refractivity contribution is -0.114. The van der Waals surface area contributed by atoms with Gasteiger partial charge in [0, 0.05) is 9.50 Å². The van der Waals surface area contributed by atoms with Crippen LogP contribution in [0.25, 0.3) is 6.08 Å². The highest BCUT2D eigenvalue weighted by Gasteiger charge is 2.05. The highest BCUT2D eigenvalue weighted by Crippen LogP contribution is 2.23. The zero-order valence-corrected chi connectivity index (χ0v) is 9.84. The minimum absolute atomic E-state index is 0.126. The molecular weight excluding hydrogens is 279 g/mol. The average molecular weight is 286 g/mol. The zero-order valence-electron chi connectivity index (χ0n) is 7.50. The first-order chi connectivity index (χ1) is 7.04. The van der Waals surface area contributed by atoms with E-state index in [2.05, 4.69) is 15.9 Å². The van der Waals surface area contributed by atoms with Gasteiger partial charge in [0.2, 0.25) is 0 Å². The van der Waals surface area contributed by atoms with Crippen molar-refractivity contribution in [2.24, 2.45) is 5.73 Å². The Morgan fingerprint density at radius 3 is 2.73 bits per heavy atom. The molecule has 0 aromatic heterocycles. The normalized spacial score (nSPS) is 10.9. The summed E-state index contributed by atoms with van der Waals surface area (Å²) in [6.45, 7) is 0. The Hall–Kier alpha value is -1.31. The molecule has 1 rings (SSSR count). The van der Waals surface area contributed by atoms with E-state index in [0.29, 0.717) is 10.6 Å². The molecule has 3 nitrogen and oxygen atoms in total. The van der Waals surface area contributed by atoms with Gasteiger partial charge >= 0.3 is 0 Å². The Labute approximate surface area is 100 Å². The van der Waals surface area contributed by atoms with Crippen molar-refractivity contribution in [2.45, 2.75) is 0 Å². The van der Waals surface area contributed by atoms with E-state index in [0.717, 1.165) is 4.47 Å². The molecule has 15 heavy (non-hydrogen) atoms. The van der Waals surface area contributed by atoms with Crippen molar-refractivity contribution in [1.82, 2.24) is 0 Å². The molecular formula is C10H6BrClN2O. The predicted molar refractivity (Wildman–Crippen MR) is 61.9 cm³/mol. The van der Waals surface area contributed by atoms with Crippen LogP contribution in [0.3, 0.4) is 0 Å². The zero-order chi connectivity index (χ0) is 11.4. The van der Waals surface area contributed by atoms with Crippen LogP contribution in [0.15, 0.2) is 28.2 Å². The van der Waals surface area contributed by atoms with Crippen molar-refractivity contribution in [2.75, 3.05) is 0 Å². The first-order valence-corrected chi connectivity index (χ1v) is 5.08. The second-order valence-corrected chi connectivity index (χ2v) is 4.02. The van der Waals surface area contributed by atoms with E-state index >= 15 is 0 Å². The summed E-state index contributed by atoms with van der Waals surface area (Å²) in [4.78, 5) is 10.8. The number of carbonyl (C=O) groups excluding carboxylic acids is 1. The van der Waals surface area contributed by atoms with Crippen LogP contribution in [-0.4, -0.2) is 5.91 Å². The molecule has 1 aromatic rings. The van der Waals surface area contributed by atoms with E-state index in [-0.39, 0.29) is 5.57 Å². The molecule has 0 heterocycles. The summed E-state index contributed by atoms with van der Waals surface area (Å²) in [5.74, 6) is -0.767. The summed E-state index contributed by atoms with van der Waals surface area (Å²) < 4.78 is 0.822. The lowest BCUT2D eigenvalue weighted by atomic mass is 10.1. The third-order valence-electron chi connectivity index (χ3n) is 1.65. The molecule has 0 spiro atoms. The van der Waals surface area contributed by atoms with Gasteiger partial charge in [-0.1, -0.05) is 33.6 Å².